The van der Waals surface area contributed by atoms with Gasteiger partial charge in [-0.15, -0.1) is 0 Å². The van der Waals surface area contributed by atoms with Crippen molar-refractivity contribution >= 4 is 27.5 Å². The molecular weight excluding hydrogens is 298 g/mol. The second kappa shape index (κ2) is 5.73. The fourth-order valence-corrected chi connectivity index (χ4v) is 3.49. The highest BCUT2D eigenvalue weighted by Crippen LogP contribution is 2.30. The summed E-state index contributed by atoms with van der Waals surface area (Å²) < 4.78 is 1.03. The molecule has 3 heteroatoms. The third-order valence-corrected chi connectivity index (χ3v) is 4.58. The first-order valence-electron chi connectivity index (χ1n) is 6.29. The van der Waals surface area contributed by atoms with Crippen molar-refractivity contribution in [1.82, 2.24) is 5.32 Å². The van der Waals surface area contributed by atoms with Crippen LogP contribution in [-0.4, -0.2) is 6.04 Å². The molecule has 1 N–H and O–H groups in total. The lowest BCUT2D eigenvalue weighted by Crippen LogP contribution is -2.33. The van der Waals surface area contributed by atoms with Gasteiger partial charge in [0.25, 0.3) is 0 Å². The lowest BCUT2D eigenvalue weighted by Gasteiger charge is -2.23. The predicted octanol–water partition coefficient (Wildman–Crippen LogP) is 4.94. The molecule has 1 nitrogen and oxygen atoms in total. The van der Waals surface area contributed by atoms with Crippen LogP contribution in [-0.2, 0) is 0 Å². The van der Waals surface area contributed by atoms with Crippen molar-refractivity contribution < 1.29 is 0 Å². The molecule has 1 fully saturated rings. The van der Waals surface area contributed by atoms with Gasteiger partial charge in [-0.1, -0.05) is 46.9 Å². The lowest BCUT2D eigenvalue weighted by atomic mass is 10.0. The maximum Gasteiger partial charge on any atom is 0.0464 e. The minimum atomic E-state index is 0.321. The molecule has 0 aromatic heterocycles. The molecule has 1 saturated carbocycles. The SMILES string of the molecule is CC(NC1CCCC1C)c1ccc(Br)cc1Cl. The molecule has 3 unspecified atom stereocenters. The van der Waals surface area contributed by atoms with Gasteiger partial charge in [0.2, 0.25) is 0 Å². The zero-order valence-electron chi connectivity index (χ0n) is 10.3. The van der Waals surface area contributed by atoms with Crippen LogP contribution >= 0.6 is 27.5 Å². The fraction of sp³-hybridized carbons (Fsp3) is 0.571. The minimum Gasteiger partial charge on any atom is -0.307 e. The number of hydrogen-bond acceptors (Lipinski definition) is 1. The molecule has 0 radical (unpaired) electrons. The van der Waals surface area contributed by atoms with Gasteiger partial charge < -0.3 is 5.32 Å². The predicted molar refractivity (Wildman–Crippen MR) is 77.5 cm³/mol. The van der Waals surface area contributed by atoms with E-state index in [0.717, 1.165) is 15.4 Å². The van der Waals surface area contributed by atoms with Crippen LogP contribution in [0.15, 0.2) is 22.7 Å². The summed E-state index contributed by atoms with van der Waals surface area (Å²) >= 11 is 9.71. The van der Waals surface area contributed by atoms with E-state index in [1.165, 1.54) is 24.8 Å². The molecule has 1 aliphatic rings. The number of rotatable bonds is 3. The Morgan fingerprint density at radius 2 is 2.18 bits per heavy atom. The molecule has 0 saturated heterocycles. The standard InChI is InChI=1S/C14H19BrClN/c1-9-4-3-5-14(9)17-10(2)12-7-6-11(15)8-13(12)16/h6-10,14,17H,3-5H2,1-2H3. The highest BCUT2D eigenvalue weighted by Gasteiger charge is 2.25. The Bertz CT molecular complexity index is 394. The zero-order valence-corrected chi connectivity index (χ0v) is 12.7. The van der Waals surface area contributed by atoms with Crippen LogP contribution in [0.25, 0.3) is 0 Å². The van der Waals surface area contributed by atoms with Gasteiger partial charge >= 0.3 is 0 Å². The highest BCUT2D eigenvalue weighted by molar-refractivity contribution is 9.10. The summed E-state index contributed by atoms with van der Waals surface area (Å²) in [4.78, 5) is 0. The van der Waals surface area contributed by atoms with Gasteiger partial charge in [0.1, 0.15) is 0 Å². The Labute approximate surface area is 117 Å². The van der Waals surface area contributed by atoms with Crippen molar-refractivity contribution in [1.29, 1.82) is 0 Å². The molecule has 0 bridgehead atoms. The molecule has 17 heavy (non-hydrogen) atoms. The Balaban J connectivity index is 2.06. The van der Waals surface area contributed by atoms with E-state index < -0.39 is 0 Å². The maximum atomic E-state index is 6.28. The van der Waals surface area contributed by atoms with E-state index in [2.05, 4.69) is 47.2 Å². The Morgan fingerprint density at radius 3 is 2.76 bits per heavy atom. The van der Waals surface area contributed by atoms with Crippen LogP contribution in [0.1, 0.15) is 44.7 Å². The zero-order chi connectivity index (χ0) is 12.4. The van der Waals surface area contributed by atoms with Crippen molar-refractivity contribution in [3.05, 3.63) is 33.3 Å². The van der Waals surface area contributed by atoms with Crippen molar-refractivity contribution in [2.45, 2.75) is 45.2 Å². The average molecular weight is 317 g/mol. The lowest BCUT2D eigenvalue weighted by molar-refractivity contribution is 0.388. The van der Waals surface area contributed by atoms with E-state index >= 15 is 0 Å². The van der Waals surface area contributed by atoms with Crippen molar-refractivity contribution in [3.8, 4) is 0 Å². The monoisotopic (exact) mass is 315 g/mol. The minimum absolute atomic E-state index is 0.321. The van der Waals surface area contributed by atoms with Gasteiger partial charge in [-0.05, 0) is 43.4 Å². The third kappa shape index (κ3) is 3.24. The molecule has 0 heterocycles. The number of nitrogens with one attached hydrogen (secondary N) is 1. The van der Waals surface area contributed by atoms with E-state index in [-0.39, 0.29) is 0 Å². The molecule has 1 aliphatic carbocycles. The second-order valence-corrected chi connectivity index (χ2v) is 6.39. The summed E-state index contributed by atoms with van der Waals surface area (Å²) in [5, 5.41) is 4.54. The topological polar surface area (TPSA) is 12.0 Å². The van der Waals surface area contributed by atoms with E-state index in [1.54, 1.807) is 0 Å². The molecule has 0 aliphatic heterocycles. The van der Waals surface area contributed by atoms with Crippen molar-refractivity contribution in [2.24, 2.45) is 5.92 Å². The first kappa shape index (κ1) is 13.4. The Morgan fingerprint density at radius 1 is 1.41 bits per heavy atom. The van der Waals surface area contributed by atoms with Gasteiger partial charge in [0.05, 0.1) is 0 Å². The summed E-state index contributed by atoms with van der Waals surface area (Å²) in [7, 11) is 0. The van der Waals surface area contributed by atoms with E-state index in [9.17, 15) is 0 Å². The van der Waals surface area contributed by atoms with Gasteiger partial charge in [-0.25, -0.2) is 0 Å². The van der Waals surface area contributed by atoms with Crippen molar-refractivity contribution in [2.75, 3.05) is 0 Å². The van der Waals surface area contributed by atoms with Crippen molar-refractivity contribution in [3.63, 3.8) is 0 Å². The van der Waals surface area contributed by atoms with Gasteiger partial charge in [-0.2, -0.15) is 0 Å². The number of hydrogen-bond donors (Lipinski definition) is 1. The highest BCUT2D eigenvalue weighted by atomic mass is 79.9. The number of halogens is 2. The molecular formula is C14H19BrClN. The van der Waals surface area contributed by atoms with Crippen LogP contribution in [0.5, 0.6) is 0 Å². The molecule has 1 aromatic carbocycles. The summed E-state index contributed by atoms with van der Waals surface area (Å²) in [5.41, 5.74) is 1.19. The Kier molecular flexibility index (Phi) is 4.51. The van der Waals surface area contributed by atoms with E-state index in [0.29, 0.717) is 12.1 Å². The fourth-order valence-electron chi connectivity index (χ4n) is 2.66. The quantitative estimate of drug-likeness (QED) is 0.832. The second-order valence-electron chi connectivity index (χ2n) is 5.07. The summed E-state index contributed by atoms with van der Waals surface area (Å²) in [6.07, 6.45) is 3.98. The third-order valence-electron chi connectivity index (χ3n) is 3.75. The molecule has 2 rings (SSSR count). The van der Waals surface area contributed by atoms with E-state index in [1.807, 2.05) is 6.07 Å². The smallest absolute Gasteiger partial charge is 0.0464 e. The van der Waals surface area contributed by atoms with Crippen LogP contribution in [0.3, 0.4) is 0 Å². The largest absolute Gasteiger partial charge is 0.307 e. The van der Waals surface area contributed by atoms with Crippen LogP contribution in [0.4, 0.5) is 0 Å². The molecule has 0 amide bonds. The van der Waals surface area contributed by atoms with Gasteiger partial charge in [0.15, 0.2) is 0 Å². The summed E-state index contributed by atoms with van der Waals surface area (Å²) in [6, 6.07) is 7.08. The van der Waals surface area contributed by atoms with Gasteiger partial charge in [0, 0.05) is 21.6 Å². The molecule has 1 aromatic rings. The molecule has 0 spiro atoms. The first-order valence-corrected chi connectivity index (χ1v) is 7.46. The number of benzene rings is 1. The maximum absolute atomic E-state index is 6.28. The van der Waals surface area contributed by atoms with E-state index in [4.69, 9.17) is 11.6 Å². The summed E-state index contributed by atoms with van der Waals surface area (Å²) in [5.74, 6) is 0.784. The van der Waals surface area contributed by atoms with Gasteiger partial charge in [-0.3, -0.25) is 0 Å². The summed E-state index contributed by atoms with van der Waals surface area (Å²) in [6.45, 7) is 4.53. The van der Waals surface area contributed by atoms with Crippen LogP contribution in [0, 0.1) is 5.92 Å². The molecule has 3 atom stereocenters. The van der Waals surface area contributed by atoms with Crippen LogP contribution in [0.2, 0.25) is 5.02 Å². The molecule has 94 valence electrons. The van der Waals surface area contributed by atoms with Crippen LogP contribution < -0.4 is 5.32 Å². The first-order chi connectivity index (χ1) is 8.08. The Hall–Kier alpha value is -0.0500. The normalized spacial score (nSPS) is 26.1. The average Bonchev–Trinajstić information content (AvgIpc) is 2.64.